The van der Waals surface area contributed by atoms with Gasteiger partial charge >= 0.3 is 0 Å². The standard InChI is InChI=1S/C21H21ClN4OS/c1-13-23-19(18-16-6-3-7-17(16)28-20(18)24-13)25-8-10-26(11-9-25)21(27)14-4-2-5-15(22)12-14/h2,4-5,12H,3,6-11H2,1H3. The van der Waals surface area contributed by atoms with Crippen LogP contribution in [0.5, 0.6) is 0 Å². The van der Waals surface area contributed by atoms with Crippen LogP contribution in [0.4, 0.5) is 5.82 Å². The second kappa shape index (κ2) is 7.01. The number of benzene rings is 1. The number of halogens is 1. The van der Waals surface area contributed by atoms with E-state index in [-0.39, 0.29) is 5.91 Å². The Kier molecular flexibility index (Phi) is 4.48. The van der Waals surface area contributed by atoms with Crippen molar-refractivity contribution in [2.75, 3.05) is 31.1 Å². The first-order valence-electron chi connectivity index (χ1n) is 9.69. The van der Waals surface area contributed by atoms with Crippen LogP contribution in [0.25, 0.3) is 10.2 Å². The maximum atomic E-state index is 12.8. The van der Waals surface area contributed by atoms with E-state index in [0.29, 0.717) is 23.7 Å². The molecule has 5 rings (SSSR count). The number of fused-ring (bicyclic) bond motifs is 3. The van der Waals surface area contributed by atoms with Crippen LogP contribution in [0, 0.1) is 6.92 Å². The van der Waals surface area contributed by atoms with Crippen LogP contribution in [-0.4, -0.2) is 47.0 Å². The third-order valence-corrected chi connectivity index (χ3v) is 7.02. The van der Waals surface area contributed by atoms with Crippen LogP contribution in [0.2, 0.25) is 5.02 Å². The molecule has 0 bridgehead atoms. The molecule has 1 aliphatic carbocycles. The van der Waals surface area contributed by atoms with Crippen molar-refractivity contribution in [2.45, 2.75) is 26.2 Å². The van der Waals surface area contributed by atoms with Gasteiger partial charge in [0.2, 0.25) is 0 Å². The number of carbonyl (C=O) groups excluding carboxylic acids is 1. The summed E-state index contributed by atoms with van der Waals surface area (Å²) in [4.78, 5) is 29.1. The Bertz CT molecular complexity index is 1070. The molecule has 2 aromatic heterocycles. The third-order valence-electron chi connectivity index (χ3n) is 5.60. The summed E-state index contributed by atoms with van der Waals surface area (Å²) in [6.07, 6.45) is 3.52. The molecule has 144 valence electrons. The molecular formula is C21H21ClN4OS. The van der Waals surface area contributed by atoms with E-state index >= 15 is 0 Å². The zero-order valence-corrected chi connectivity index (χ0v) is 17.3. The van der Waals surface area contributed by atoms with Gasteiger partial charge in [-0.3, -0.25) is 4.79 Å². The second-order valence-electron chi connectivity index (χ2n) is 7.42. The van der Waals surface area contributed by atoms with Crippen LogP contribution in [0.1, 0.15) is 33.0 Å². The van der Waals surface area contributed by atoms with Gasteiger partial charge in [0.25, 0.3) is 5.91 Å². The molecule has 0 unspecified atom stereocenters. The van der Waals surface area contributed by atoms with Gasteiger partial charge < -0.3 is 9.80 Å². The number of piperazine rings is 1. The van der Waals surface area contributed by atoms with Gasteiger partial charge in [-0.15, -0.1) is 11.3 Å². The molecule has 3 aromatic rings. The highest BCUT2D eigenvalue weighted by atomic mass is 35.5. The number of hydrogen-bond donors (Lipinski definition) is 0. The zero-order chi connectivity index (χ0) is 19.3. The van der Waals surface area contributed by atoms with E-state index in [1.165, 1.54) is 22.2 Å². The Morgan fingerprint density at radius 2 is 1.96 bits per heavy atom. The van der Waals surface area contributed by atoms with Crippen molar-refractivity contribution >= 4 is 44.9 Å². The van der Waals surface area contributed by atoms with Crippen molar-refractivity contribution in [3.05, 3.63) is 51.1 Å². The molecule has 0 N–H and O–H groups in total. The Labute approximate surface area is 173 Å². The maximum Gasteiger partial charge on any atom is 0.254 e. The molecule has 5 nitrogen and oxygen atoms in total. The number of hydrogen-bond acceptors (Lipinski definition) is 5. The summed E-state index contributed by atoms with van der Waals surface area (Å²) in [7, 11) is 0. The summed E-state index contributed by atoms with van der Waals surface area (Å²) >= 11 is 7.87. The molecule has 7 heteroatoms. The molecule has 0 spiro atoms. The van der Waals surface area contributed by atoms with Crippen LogP contribution >= 0.6 is 22.9 Å². The fraction of sp³-hybridized carbons (Fsp3) is 0.381. The monoisotopic (exact) mass is 412 g/mol. The lowest BCUT2D eigenvalue weighted by molar-refractivity contribution is 0.0746. The highest BCUT2D eigenvalue weighted by Crippen LogP contribution is 2.40. The van der Waals surface area contributed by atoms with E-state index in [2.05, 4.69) is 9.88 Å². The summed E-state index contributed by atoms with van der Waals surface area (Å²) in [5.41, 5.74) is 2.10. The summed E-state index contributed by atoms with van der Waals surface area (Å²) in [6, 6.07) is 7.18. The molecule has 3 heterocycles. The predicted octanol–water partition coefficient (Wildman–Crippen LogP) is 4.10. The highest BCUT2D eigenvalue weighted by Gasteiger charge is 2.28. The summed E-state index contributed by atoms with van der Waals surface area (Å²) in [5, 5.41) is 1.84. The molecule has 28 heavy (non-hydrogen) atoms. The molecule has 1 aliphatic heterocycles. The summed E-state index contributed by atoms with van der Waals surface area (Å²) in [6.45, 7) is 4.89. The van der Waals surface area contributed by atoms with Crippen LogP contribution < -0.4 is 4.90 Å². The maximum absolute atomic E-state index is 12.8. The molecule has 0 saturated carbocycles. The van der Waals surface area contributed by atoms with Gasteiger partial charge in [0.1, 0.15) is 16.5 Å². The van der Waals surface area contributed by atoms with E-state index in [1.54, 1.807) is 12.1 Å². The van der Waals surface area contributed by atoms with Gasteiger partial charge in [0, 0.05) is 41.6 Å². The van der Waals surface area contributed by atoms with Crippen molar-refractivity contribution in [2.24, 2.45) is 0 Å². The number of thiophene rings is 1. The molecule has 1 saturated heterocycles. The van der Waals surface area contributed by atoms with Gasteiger partial charge in [-0.25, -0.2) is 9.97 Å². The van der Waals surface area contributed by atoms with Gasteiger partial charge in [-0.1, -0.05) is 17.7 Å². The number of aryl methyl sites for hydroxylation is 3. The van der Waals surface area contributed by atoms with Crippen molar-refractivity contribution in [3.63, 3.8) is 0 Å². The van der Waals surface area contributed by atoms with Crippen LogP contribution in [0.15, 0.2) is 24.3 Å². The quantitative estimate of drug-likeness (QED) is 0.635. The smallest absolute Gasteiger partial charge is 0.254 e. The number of nitrogens with zero attached hydrogens (tertiary/aromatic N) is 4. The average molecular weight is 413 g/mol. The van der Waals surface area contributed by atoms with Crippen molar-refractivity contribution in [1.82, 2.24) is 14.9 Å². The van der Waals surface area contributed by atoms with E-state index in [9.17, 15) is 4.79 Å². The molecule has 1 aromatic carbocycles. The Morgan fingerprint density at radius 1 is 1.14 bits per heavy atom. The van der Waals surface area contributed by atoms with Crippen molar-refractivity contribution < 1.29 is 4.79 Å². The first kappa shape index (κ1) is 17.9. The minimum Gasteiger partial charge on any atom is -0.352 e. The number of rotatable bonds is 2. The molecule has 2 aliphatic rings. The molecule has 1 amide bonds. The van der Waals surface area contributed by atoms with Gasteiger partial charge in [-0.2, -0.15) is 0 Å². The van der Waals surface area contributed by atoms with E-state index in [1.807, 2.05) is 35.3 Å². The molecular weight excluding hydrogens is 392 g/mol. The lowest BCUT2D eigenvalue weighted by Gasteiger charge is -2.36. The van der Waals surface area contributed by atoms with Crippen LogP contribution in [-0.2, 0) is 12.8 Å². The number of amides is 1. The normalized spacial score (nSPS) is 16.6. The van der Waals surface area contributed by atoms with Crippen molar-refractivity contribution in [1.29, 1.82) is 0 Å². The van der Waals surface area contributed by atoms with Gasteiger partial charge in [0.05, 0.1) is 5.39 Å². The van der Waals surface area contributed by atoms with Crippen molar-refractivity contribution in [3.8, 4) is 0 Å². The molecule has 0 radical (unpaired) electrons. The summed E-state index contributed by atoms with van der Waals surface area (Å²) in [5.74, 6) is 1.92. The SMILES string of the molecule is Cc1nc(N2CCN(C(=O)c3cccc(Cl)c3)CC2)c2c3c(sc2n1)CCC3. The van der Waals surface area contributed by atoms with Gasteiger partial charge in [-0.05, 0) is 49.9 Å². The fourth-order valence-corrected chi connectivity index (χ4v) is 5.73. The average Bonchev–Trinajstić information content (AvgIpc) is 3.28. The lowest BCUT2D eigenvalue weighted by atomic mass is 10.1. The zero-order valence-electron chi connectivity index (χ0n) is 15.7. The predicted molar refractivity (Wildman–Crippen MR) is 114 cm³/mol. The Hall–Kier alpha value is -2.18. The van der Waals surface area contributed by atoms with E-state index < -0.39 is 0 Å². The lowest BCUT2D eigenvalue weighted by Crippen LogP contribution is -2.49. The Morgan fingerprint density at radius 3 is 2.75 bits per heavy atom. The first-order chi connectivity index (χ1) is 13.6. The topological polar surface area (TPSA) is 49.3 Å². The largest absolute Gasteiger partial charge is 0.352 e. The van der Waals surface area contributed by atoms with Crippen LogP contribution in [0.3, 0.4) is 0 Å². The van der Waals surface area contributed by atoms with Gasteiger partial charge in [0.15, 0.2) is 0 Å². The third kappa shape index (κ3) is 3.05. The first-order valence-corrected chi connectivity index (χ1v) is 10.9. The molecule has 1 fully saturated rings. The number of aromatic nitrogens is 2. The second-order valence-corrected chi connectivity index (χ2v) is 8.94. The minimum absolute atomic E-state index is 0.0441. The molecule has 0 atom stereocenters. The summed E-state index contributed by atoms with van der Waals surface area (Å²) < 4.78 is 0. The number of anilines is 1. The minimum atomic E-state index is 0.0441. The van der Waals surface area contributed by atoms with E-state index in [0.717, 1.165) is 42.4 Å². The highest BCUT2D eigenvalue weighted by molar-refractivity contribution is 7.19. The van der Waals surface area contributed by atoms with E-state index in [4.69, 9.17) is 16.6 Å². The fourth-order valence-electron chi connectivity index (χ4n) is 4.23. The number of carbonyl (C=O) groups is 1. The Balaban J connectivity index is 1.39.